The molecule has 102 valence electrons. The van der Waals surface area contributed by atoms with Gasteiger partial charge < -0.3 is 10.1 Å². The van der Waals surface area contributed by atoms with Crippen LogP contribution >= 0.6 is 0 Å². The molecule has 1 rings (SSSR count). The molecule has 0 bridgehead atoms. The van der Waals surface area contributed by atoms with E-state index in [-0.39, 0.29) is 18.7 Å². The minimum Gasteiger partial charge on any atom is -0.370 e. The molecule has 0 heterocycles. The third-order valence-electron chi connectivity index (χ3n) is 2.05. The Balaban J connectivity index is 2.34. The molecule has 0 aliphatic rings. The molecule has 0 radical (unpaired) electrons. The number of carbonyl (C=O) groups excluding carboxylic acids is 1. The van der Waals surface area contributed by atoms with Crippen molar-refractivity contribution in [2.24, 2.45) is 0 Å². The van der Waals surface area contributed by atoms with E-state index >= 15 is 0 Å². The van der Waals surface area contributed by atoms with Gasteiger partial charge in [-0.05, 0) is 18.2 Å². The Morgan fingerprint density at radius 1 is 1.42 bits per heavy atom. The number of nitrogens with zero attached hydrogens (tertiary/aromatic N) is 1. The molecular formula is C12H11F3N2O2. The Hall–Kier alpha value is -2.07. The highest BCUT2D eigenvalue weighted by Gasteiger charge is 2.27. The molecule has 4 nitrogen and oxygen atoms in total. The zero-order valence-electron chi connectivity index (χ0n) is 9.83. The van der Waals surface area contributed by atoms with E-state index in [1.807, 2.05) is 6.07 Å². The topological polar surface area (TPSA) is 62.1 Å². The molecule has 0 saturated heterocycles. The number of benzene rings is 1. The largest absolute Gasteiger partial charge is 0.411 e. The summed E-state index contributed by atoms with van der Waals surface area (Å²) in [4.78, 5) is 11.6. The highest BCUT2D eigenvalue weighted by molar-refractivity contribution is 5.94. The fourth-order valence-corrected chi connectivity index (χ4v) is 1.26. The molecule has 0 saturated carbocycles. The lowest BCUT2D eigenvalue weighted by atomic mass is 10.1. The van der Waals surface area contributed by atoms with Gasteiger partial charge in [-0.3, -0.25) is 4.79 Å². The highest BCUT2D eigenvalue weighted by atomic mass is 19.4. The first kappa shape index (κ1) is 15.0. The summed E-state index contributed by atoms with van der Waals surface area (Å²) in [5, 5.41) is 11.1. The fraction of sp³-hybridized carbons (Fsp3) is 0.333. The summed E-state index contributed by atoms with van der Waals surface area (Å²) in [5.41, 5.74) is 0.607. The molecule has 0 aliphatic heterocycles. The SMILES string of the molecule is N#Cc1cccc(C(=O)NCCOCC(F)(F)F)c1. The number of alkyl halides is 3. The number of hydrogen-bond acceptors (Lipinski definition) is 3. The van der Waals surface area contributed by atoms with Crippen molar-refractivity contribution < 1.29 is 22.7 Å². The lowest BCUT2D eigenvalue weighted by Crippen LogP contribution is -2.28. The Morgan fingerprint density at radius 2 is 2.16 bits per heavy atom. The normalized spacial score (nSPS) is 10.8. The number of carbonyl (C=O) groups is 1. The predicted octanol–water partition coefficient (Wildman–Crippen LogP) is 1.87. The number of nitrogens with one attached hydrogen (secondary N) is 1. The maximum absolute atomic E-state index is 11.7. The van der Waals surface area contributed by atoms with E-state index in [9.17, 15) is 18.0 Å². The average Bonchev–Trinajstić information content (AvgIpc) is 2.37. The van der Waals surface area contributed by atoms with Crippen molar-refractivity contribution in [2.45, 2.75) is 6.18 Å². The molecule has 0 unspecified atom stereocenters. The summed E-state index contributed by atoms with van der Waals surface area (Å²) >= 11 is 0. The number of amides is 1. The van der Waals surface area contributed by atoms with Gasteiger partial charge in [-0.2, -0.15) is 18.4 Å². The molecule has 0 spiro atoms. The van der Waals surface area contributed by atoms with Crippen LogP contribution in [0.25, 0.3) is 0 Å². The lowest BCUT2D eigenvalue weighted by molar-refractivity contribution is -0.173. The minimum atomic E-state index is -4.37. The van der Waals surface area contributed by atoms with Crippen molar-refractivity contribution in [3.05, 3.63) is 35.4 Å². The molecule has 1 aromatic rings. The number of rotatable bonds is 5. The second-order valence-electron chi connectivity index (χ2n) is 3.62. The van der Waals surface area contributed by atoms with E-state index in [0.717, 1.165) is 0 Å². The van der Waals surface area contributed by atoms with Crippen molar-refractivity contribution in [2.75, 3.05) is 19.8 Å². The van der Waals surface area contributed by atoms with Gasteiger partial charge in [0.2, 0.25) is 0 Å². The van der Waals surface area contributed by atoms with Gasteiger partial charge in [0, 0.05) is 12.1 Å². The molecule has 0 fully saturated rings. The Bertz CT molecular complexity index is 481. The van der Waals surface area contributed by atoms with Gasteiger partial charge in [-0.25, -0.2) is 0 Å². The smallest absolute Gasteiger partial charge is 0.370 e. The quantitative estimate of drug-likeness (QED) is 0.832. The Labute approximate surface area is 107 Å². The molecule has 1 N–H and O–H groups in total. The zero-order chi connectivity index (χ0) is 14.3. The van der Waals surface area contributed by atoms with E-state index < -0.39 is 18.7 Å². The summed E-state index contributed by atoms with van der Waals surface area (Å²) in [6.07, 6.45) is -4.37. The van der Waals surface area contributed by atoms with E-state index in [0.29, 0.717) is 5.56 Å². The summed E-state index contributed by atoms with van der Waals surface area (Å²) in [5.74, 6) is -0.465. The van der Waals surface area contributed by atoms with E-state index in [1.165, 1.54) is 12.1 Å². The highest BCUT2D eigenvalue weighted by Crippen LogP contribution is 2.13. The number of hydrogen-bond donors (Lipinski definition) is 1. The molecule has 1 amide bonds. The van der Waals surface area contributed by atoms with Crippen LogP contribution in [-0.2, 0) is 4.74 Å². The van der Waals surface area contributed by atoms with Crippen LogP contribution in [0.2, 0.25) is 0 Å². The molecule has 7 heteroatoms. The van der Waals surface area contributed by atoms with Gasteiger partial charge in [0.1, 0.15) is 6.61 Å². The van der Waals surface area contributed by atoms with Gasteiger partial charge in [0.05, 0.1) is 18.2 Å². The van der Waals surface area contributed by atoms with Gasteiger partial charge in [0.15, 0.2) is 0 Å². The van der Waals surface area contributed by atoms with Crippen molar-refractivity contribution in [3.8, 4) is 6.07 Å². The number of nitriles is 1. The van der Waals surface area contributed by atoms with Crippen molar-refractivity contribution in [1.29, 1.82) is 5.26 Å². The van der Waals surface area contributed by atoms with Crippen LogP contribution in [-0.4, -0.2) is 31.8 Å². The van der Waals surface area contributed by atoms with Crippen molar-refractivity contribution in [3.63, 3.8) is 0 Å². The van der Waals surface area contributed by atoms with Gasteiger partial charge in [-0.1, -0.05) is 6.07 Å². The van der Waals surface area contributed by atoms with Gasteiger partial charge >= 0.3 is 6.18 Å². The van der Waals surface area contributed by atoms with Crippen LogP contribution in [0.1, 0.15) is 15.9 Å². The number of ether oxygens (including phenoxy) is 1. The average molecular weight is 272 g/mol. The molecular weight excluding hydrogens is 261 g/mol. The number of halogens is 3. The van der Waals surface area contributed by atoms with Crippen LogP contribution in [0, 0.1) is 11.3 Å². The maximum Gasteiger partial charge on any atom is 0.411 e. The Morgan fingerprint density at radius 3 is 2.79 bits per heavy atom. The summed E-state index contributed by atoms with van der Waals surface area (Å²) in [6, 6.07) is 7.88. The second kappa shape index (κ2) is 6.75. The van der Waals surface area contributed by atoms with Crippen molar-refractivity contribution in [1.82, 2.24) is 5.32 Å². The van der Waals surface area contributed by atoms with Gasteiger partial charge in [0.25, 0.3) is 5.91 Å². The summed E-state index contributed by atoms with van der Waals surface area (Å²) in [6.45, 7) is -1.61. The van der Waals surface area contributed by atoms with Gasteiger partial charge in [-0.15, -0.1) is 0 Å². The standard InChI is InChI=1S/C12H11F3N2O2/c13-12(14,15)8-19-5-4-17-11(18)10-3-1-2-9(6-10)7-16/h1-3,6H,4-5,8H2,(H,17,18). The minimum absolute atomic E-state index is 0.0360. The lowest BCUT2D eigenvalue weighted by Gasteiger charge is -2.08. The summed E-state index contributed by atoms with van der Waals surface area (Å²) in [7, 11) is 0. The molecule has 19 heavy (non-hydrogen) atoms. The van der Waals surface area contributed by atoms with Crippen LogP contribution in [0.5, 0.6) is 0 Å². The first-order chi connectivity index (χ1) is 8.92. The van der Waals surface area contributed by atoms with Crippen LogP contribution in [0.4, 0.5) is 13.2 Å². The molecule has 0 atom stereocenters. The van der Waals surface area contributed by atoms with Crippen molar-refractivity contribution >= 4 is 5.91 Å². The maximum atomic E-state index is 11.7. The van der Waals surface area contributed by atoms with E-state index in [1.54, 1.807) is 12.1 Å². The summed E-state index contributed by atoms with van der Waals surface area (Å²) < 4.78 is 39.6. The molecule has 0 aromatic heterocycles. The third kappa shape index (κ3) is 5.88. The monoisotopic (exact) mass is 272 g/mol. The van der Waals surface area contributed by atoms with E-state index in [4.69, 9.17) is 5.26 Å². The first-order valence-corrected chi connectivity index (χ1v) is 5.35. The zero-order valence-corrected chi connectivity index (χ0v) is 9.83. The Kier molecular flexibility index (Phi) is 5.33. The molecule has 1 aromatic carbocycles. The molecule has 0 aliphatic carbocycles. The van der Waals surface area contributed by atoms with Crippen LogP contribution in [0.3, 0.4) is 0 Å². The first-order valence-electron chi connectivity index (χ1n) is 5.35. The third-order valence-corrected chi connectivity index (χ3v) is 2.05. The van der Waals surface area contributed by atoms with Crippen LogP contribution < -0.4 is 5.32 Å². The second-order valence-corrected chi connectivity index (χ2v) is 3.62. The van der Waals surface area contributed by atoms with E-state index in [2.05, 4.69) is 10.1 Å². The predicted molar refractivity (Wildman–Crippen MR) is 60.4 cm³/mol. The van der Waals surface area contributed by atoms with Crippen LogP contribution in [0.15, 0.2) is 24.3 Å². The fourth-order valence-electron chi connectivity index (χ4n) is 1.26.